The standard InChI is InChI=1S/C30H28F2N4O3S/c1-30(2,40-21-7-5-6-20(31)18-21)29(39)36-14-12-35(13-15-36)28(38)24-16-19(10-11-25(24)32)17-26-22-8-3-4-9-23(22)27(37)34-33-26/h3-11,16,18H,12-15,17H2,1-2H3,(H,34,37). The highest BCUT2D eigenvalue weighted by Crippen LogP contribution is 2.34. The van der Waals surface area contributed by atoms with Gasteiger partial charge in [-0.15, -0.1) is 11.8 Å². The van der Waals surface area contributed by atoms with E-state index in [1.807, 2.05) is 6.07 Å². The van der Waals surface area contributed by atoms with Crippen molar-refractivity contribution in [2.45, 2.75) is 29.9 Å². The van der Waals surface area contributed by atoms with Gasteiger partial charge in [-0.05, 0) is 55.8 Å². The number of benzene rings is 3. The number of aromatic nitrogens is 2. The fourth-order valence-electron chi connectivity index (χ4n) is 4.88. The predicted molar refractivity (Wildman–Crippen MR) is 150 cm³/mol. The molecule has 2 amide bonds. The van der Waals surface area contributed by atoms with Gasteiger partial charge < -0.3 is 9.80 Å². The van der Waals surface area contributed by atoms with Crippen molar-refractivity contribution in [2.24, 2.45) is 0 Å². The number of hydrogen-bond donors (Lipinski definition) is 1. The van der Waals surface area contributed by atoms with Gasteiger partial charge in [0.25, 0.3) is 11.5 Å². The van der Waals surface area contributed by atoms with Crippen LogP contribution in [0.1, 0.15) is 35.5 Å². The molecule has 1 fully saturated rings. The highest BCUT2D eigenvalue weighted by atomic mass is 32.2. The summed E-state index contributed by atoms with van der Waals surface area (Å²) in [4.78, 5) is 42.6. The van der Waals surface area contributed by atoms with Gasteiger partial charge in [-0.2, -0.15) is 5.10 Å². The summed E-state index contributed by atoms with van der Waals surface area (Å²) in [5.41, 5.74) is 0.960. The Bertz CT molecular complexity index is 1650. The molecule has 0 spiro atoms. The second-order valence-corrected chi connectivity index (χ2v) is 11.9. The number of H-pyrrole nitrogens is 1. The van der Waals surface area contributed by atoms with Crippen molar-refractivity contribution >= 4 is 34.3 Å². The third kappa shape index (κ3) is 5.77. The molecule has 3 aromatic carbocycles. The third-order valence-corrected chi connectivity index (χ3v) is 8.12. The van der Waals surface area contributed by atoms with Crippen LogP contribution < -0.4 is 5.56 Å². The van der Waals surface area contributed by atoms with Crippen LogP contribution in [0.15, 0.2) is 76.4 Å². The minimum Gasteiger partial charge on any atom is -0.338 e. The minimum atomic E-state index is -0.833. The average molecular weight is 563 g/mol. The van der Waals surface area contributed by atoms with Crippen LogP contribution in [0.25, 0.3) is 10.8 Å². The molecule has 1 aliphatic rings. The number of thioether (sulfide) groups is 1. The first-order valence-electron chi connectivity index (χ1n) is 12.9. The molecule has 0 bridgehead atoms. The Morgan fingerprint density at radius 2 is 1.62 bits per heavy atom. The number of fused-ring (bicyclic) bond motifs is 1. The van der Waals surface area contributed by atoms with Crippen molar-refractivity contribution in [3.63, 3.8) is 0 Å². The molecule has 7 nitrogen and oxygen atoms in total. The topological polar surface area (TPSA) is 86.4 Å². The van der Waals surface area contributed by atoms with E-state index in [2.05, 4.69) is 10.2 Å². The van der Waals surface area contributed by atoms with E-state index in [4.69, 9.17) is 0 Å². The Morgan fingerprint density at radius 3 is 2.35 bits per heavy atom. The second-order valence-electron chi connectivity index (χ2n) is 10.2. The zero-order valence-corrected chi connectivity index (χ0v) is 22.9. The summed E-state index contributed by atoms with van der Waals surface area (Å²) < 4.78 is 27.6. The van der Waals surface area contributed by atoms with E-state index in [1.165, 1.54) is 36.0 Å². The van der Waals surface area contributed by atoms with E-state index in [0.29, 0.717) is 46.4 Å². The summed E-state index contributed by atoms with van der Waals surface area (Å²) in [7, 11) is 0. The van der Waals surface area contributed by atoms with Gasteiger partial charge in [0.2, 0.25) is 5.91 Å². The summed E-state index contributed by atoms with van der Waals surface area (Å²) in [6.07, 6.45) is 0.304. The van der Waals surface area contributed by atoms with Gasteiger partial charge in [0.1, 0.15) is 11.6 Å². The van der Waals surface area contributed by atoms with Gasteiger partial charge >= 0.3 is 0 Å². The number of nitrogens with one attached hydrogen (secondary N) is 1. The van der Waals surface area contributed by atoms with E-state index in [0.717, 1.165) is 0 Å². The molecule has 0 unspecified atom stereocenters. The van der Waals surface area contributed by atoms with Crippen LogP contribution in [0.4, 0.5) is 8.78 Å². The summed E-state index contributed by atoms with van der Waals surface area (Å²) in [6, 6.07) is 17.6. The molecule has 1 aromatic heterocycles. The molecule has 1 aliphatic heterocycles. The lowest BCUT2D eigenvalue weighted by Crippen LogP contribution is -2.54. The Labute approximate surface area is 234 Å². The second kappa shape index (κ2) is 11.2. The summed E-state index contributed by atoms with van der Waals surface area (Å²) in [6.45, 7) is 4.74. The number of nitrogens with zero attached hydrogens (tertiary/aromatic N) is 3. The van der Waals surface area contributed by atoms with Crippen LogP contribution in [0, 0.1) is 11.6 Å². The highest BCUT2D eigenvalue weighted by Gasteiger charge is 2.36. The molecule has 0 atom stereocenters. The molecule has 1 N–H and O–H groups in total. The number of halogens is 2. The van der Waals surface area contributed by atoms with E-state index >= 15 is 0 Å². The van der Waals surface area contributed by atoms with Gasteiger partial charge in [-0.1, -0.05) is 30.3 Å². The maximum atomic E-state index is 14.8. The molecule has 5 rings (SSSR count). The van der Waals surface area contributed by atoms with Crippen molar-refractivity contribution in [1.29, 1.82) is 0 Å². The van der Waals surface area contributed by atoms with Crippen LogP contribution in [0.2, 0.25) is 0 Å². The van der Waals surface area contributed by atoms with Crippen LogP contribution in [-0.4, -0.2) is 62.7 Å². The number of carbonyl (C=O) groups excluding carboxylic acids is 2. The molecule has 2 heterocycles. The summed E-state index contributed by atoms with van der Waals surface area (Å²) in [5, 5.41) is 7.88. The van der Waals surface area contributed by atoms with Crippen molar-refractivity contribution in [2.75, 3.05) is 26.2 Å². The summed E-state index contributed by atoms with van der Waals surface area (Å²) >= 11 is 1.29. The van der Waals surface area contributed by atoms with Gasteiger partial charge in [-0.25, -0.2) is 13.9 Å². The van der Waals surface area contributed by atoms with Gasteiger partial charge in [0, 0.05) is 42.9 Å². The summed E-state index contributed by atoms with van der Waals surface area (Å²) in [5.74, 6) is -1.54. The lowest BCUT2D eigenvalue weighted by Gasteiger charge is -2.38. The molecule has 40 heavy (non-hydrogen) atoms. The van der Waals surface area contributed by atoms with Crippen molar-refractivity contribution in [1.82, 2.24) is 20.0 Å². The molecule has 206 valence electrons. The van der Waals surface area contributed by atoms with E-state index < -0.39 is 16.5 Å². The fraction of sp³-hybridized carbons (Fsp3) is 0.267. The van der Waals surface area contributed by atoms with E-state index in [-0.39, 0.29) is 35.9 Å². The number of hydrogen-bond acceptors (Lipinski definition) is 5. The number of piperazine rings is 1. The smallest absolute Gasteiger partial charge is 0.272 e. The van der Waals surface area contributed by atoms with E-state index in [9.17, 15) is 23.2 Å². The van der Waals surface area contributed by atoms with Crippen LogP contribution in [0.5, 0.6) is 0 Å². The van der Waals surface area contributed by atoms with Crippen LogP contribution >= 0.6 is 11.8 Å². The van der Waals surface area contributed by atoms with E-state index in [1.54, 1.807) is 60.0 Å². The highest BCUT2D eigenvalue weighted by molar-refractivity contribution is 8.01. The van der Waals surface area contributed by atoms with Crippen molar-refractivity contribution in [3.8, 4) is 0 Å². The molecule has 4 aromatic rings. The van der Waals surface area contributed by atoms with Gasteiger partial charge in [0.05, 0.1) is 21.4 Å². The third-order valence-electron chi connectivity index (χ3n) is 6.95. The maximum Gasteiger partial charge on any atom is 0.272 e. The Kier molecular flexibility index (Phi) is 7.71. The molecule has 10 heteroatoms. The first-order valence-corrected chi connectivity index (χ1v) is 13.7. The normalized spacial score (nSPS) is 14.0. The SMILES string of the molecule is CC(C)(Sc1cccc(F)c1)C(=O)N1CCN(C(=O)c2cc(Cc3n[nH]c(=O)c4ccccc34)ccc2F)CC1. The Morgan fingerprint density at radius 1 is 0.925 bits per heavy atom. The fourth-order valence-corrected chi connectivity index (χ4v) is 6.00. The molecule has 0 saturated carbocycles. The van der Waals surface area contributed by atoms with Gasteiger partial charge in [-0.3, -0.25) is 14.4 Å². The van der Waals surface area contributed by atoms with Crippen molar-refractivity contribution < 1.29 is 18.4 Å². The maximum absolute atomic E-state index is 14.8. The van der Waals surface area contributed by atoms with Crippen LogP contribution in [-0.2, 0) is 11.2 Å². The Hall–Kier alpha value is -4.05. The van der Waals surface area contributed by atoms with Crippen LogP contribution in [0.3, 0.4) is 0 Å². The predicted octanol–water partition coefficient (Wildman–Crippen LogP) is 4.65. The molecular weight excluding hydrogens is 534 g/mol. The average Bonchev–Trinajstić information content (AvgIpc) is 2.95. The number of amides is 2. The molecule has 1 saturated heterocycles. The first-order chi connectivity index (χ1) is 19.1. The van der Waals surface area contributed by atoms with Gasteiger partial charge in [0.15, 0.2) is 0 Å². The largest absolute Gasteiger partial charge is 0.338 e. The molecular formula is C30H28F2N4O3S. The zero-order valence-electron chi connectivity index (χ0n) is 22.1. The monoisotopic (exact) mass is 562 g/mol. The quantitative estimate of drug-likeness (QED) is 0.346. The molecule has 0 radical (unpaired) electrons. The van der Waals surface area contributed by atoms with Crippen molar-refractivity contribution in [3.05, 3.63) is 106 Å². The number of rotatable bonds is 6. The molecule has 0 aliphatic carbocycles. The Balaban J connectivity index is 1.26. The lowest BCUT2D eigenvalue weighted by molar-refractivity contribution is -0.134. The zero-order chi connectivity index (χ0) is 28.4. The number of carbonyl (C=O) groups is 2. The minimum absolute atomic E-state index is 0.0482. The first kappa shape index (κ1) is 27.5. The lowest BCUT2D eigenvalue weighted by atomic mass is 10.0. The number of aromatic amines is 1.